The van der Waals surface area contributed by atoms with E-state index in [2.05, 4.69) is 60.7 Å². The molecule has 0 saturated carbocycles. The summed E-state index contributed by atoms with van der Waals surface area (Å²) in [5, 5.41) is 23.2. The van der Waals surface area contributed by atoms with Gasteiger partial charge in [0.05, 0.1) is 0 Å². The first-order valence-electron chi connectivity index (χ1n) is 8.42. The molecule has 0 amide bonds. The van der Waals surface area contributed by atoms with Gasteiger partial charge in [0.1, 0.15) is 0 Å². The normalized spacial score (nSPS) is 12.8. The van der Waals surface area contributed by atoms with Crippen LogP contribution in [0.3, 0.4) is 0 Å². The second kappa shape index (κ2) is 14.6. The molecule has 0 fully saturated rings. The minimum absolute atomic E-state index is 0.0808. The number of benzene rings is 2. The summed E-state index contributed by atoms with van der Waals surface area (Å²) in [4.78, 5) is 3.22. The predicted octanol–water partition coefficient (Wildman–Crippen LogP) is 1.09. The van der Waals surface area contributed by atoms with Gasteiger partial charge >= 0.3 is 101 Å². The Labute approximate surface area is 174 Å². The fourth-order valence-corrected chi connectivity index (χ4v) is 4.74. The van der Waals surface area contributed by atoms with Crippen molar-refractivity contribution < 1.29 is 34.4 Å². The summed E-state index contributed by atoms with van der Waals surface area (Å²) >= 11 is 1.61. The molecule has 0 saturated heterocycles. The van der Waals surface area contributed by atoms with Crippen molar-refractivity contribution in [2.24, 2.45) is 0 Å². The molecule has 2 aromatic rings. The molecule has 6 heteroatoms. The first-order valence-corrected chi connectivity index (χ1v) is 13.1. The second-order valence-corrected chi connectivity index (χ2v) is 11.1. The van der Waals surface area contributed by atoms with Gasteiger partial charge in [-0.1, -0.05) is 26.3 Å². The predicted molar refractivity (Wildman–Crippen MR) is 105 cm³/mol. The molecule has 2 unspecified atom stereocenters. The van der Waals surface area contributed by atoms with E-state index in [9.17, 15) is 10.2 Å². The fraction of sp³-hybridized carbons (Fsp3) is 0.400. The van der Waals surface area contributed by atoms with Crippen LogP contribution in [0.1, 0.15) is 13.8 Å². The van der Waals surface area contributed by atoms with Crippen LogP contribution in [0.5, 0.6) is 0 Å². The van der Waals surface area contributed by atoms with E-state index in [0.717, 1.165) is 0 Å². The van der Waals surface area contributed by atoms with Gasteiger partial charge in [0.2, 0.25) is 0 Å². The van der Waals surface area contributed by atoms with E-state index in [4.69, 9.17) is 0 Å². The van der Waals surface area contributed by atoms with E-state index < -0.39 is 12.5 Å². The third-order valence-electron chi connectivity index (χ3n) is 3.48. The molecule has 4 nitrogen and oxygen atoms in total. The average Bonchev–Trinajstić information content (AvgIpc) is 2.63. The Balaban J connectivity index is 0.000000437. The Morgan fingerprint density at radius 2 is 0.923 bits per heavy atom. The molecular formula is C20H30N2O2PZr. The molecule has 141 valence electrons. The first kappa shape index (κ1) is 25.6. The van der Waals surface area contributed by atoms with Crippen LogP contribution < -0.4 is 20.8 Å². The molecule has 0 spiro atoms. The SMILES string of the molecule is CC([O-])N(C)C.CC([O-])N(C)C.[Zr+2][P](c1ccccc1)c1ccccc1. The van der Waals surface area contributed by atoms with Crippen LogP contribution in [-0.4, -0.2) is 50.4 Å². The van der Waals surface area contributed by atoms with Gasteiger partial charge in [-0.2, -0.15) is 0 Å². The van der Waals surface area contributed by atoms with Crippen LogP contribution >= 0.6 is 5.21 Å². The second-order valence-electron chi connectivity index (χ2n) is 6.13. The van der Waals surface area contributed by atoms with Crippen molar-refractivity contribution in [3.63, 3.8) is 0 Å². The summed E-state index contributed by atoms with van der Waals surface area (Å²) in [5.41, 5.74) is 0. The molecule has 0 aliphatic carbocycles. The van der Waals surface area contributed by atoms with Gasteiger partial charge in [-0.25, -0.2) is 0 Å². The molecule has 0 heterocycles. The van der Waals surface area contributed by atoms with Gasteiger partial charge < -0.3 is 20.0 Å². The van der Waals surface area contributed by atoms with Crippen molar-refractivity contribution in [3.8, 4) is 0 Å². The molecule has 0 aliphatic rings. The molecule has 0 N–H and O–H groups in total. The van der Waals surface area contributed by atoms with E-state index in [1.54, 1.807) is 76.0 Å². The zero-order valence-electron chi connectivity index (χ0n) is 16.6. The third kappa shape index (κ3) is 12.1. The standard InChI is InChI=1S/C12H10P.2C4H10NO.Zr/c1-3-7-11(8-4-1)13-12-9-5-2-6-10-12;2*1-4(6)5(2)3;/h1-10H;2*4H,1-3H3;/q3*-1;+3. The van der Waals surface area contributed by atoms with Crippen molar-refractivity contribution in [1.29, 1.82) is 0 Å². The van der Waals surface area contributed by atoms with Gasteiger partial charge in [-0.05, 0) is 28.2 Å². The molecule has 0 aliphatic heterocycles. The van der Waals surface area contributed by atoms with Crippen molar-refractivity contribution >= 4 is 15.8 Å². The van der Waals surface area contributed by atoms with Crippen molar-refractivity contribution in [2.45, 2.75) is 26.3 Å². The van der Waals surface area contributed by atoms with Crippen molar-refractivity contribution in [3.05, 3.63) is 60.7 Å². The maximum atomic E-state index is 10.2. The summed E-state index contributed by atoms with van der Waals surface area (Å²) in [6, 6.07) is 21.6. The first-order chi connectivity index (χ1) is 12.2. The summed E-state index contributed by atoms with van der Waals surface area (Å²) in [6.45, 7) is 3.22. The summed E-state index contributed by atoms with van der Waals surface area (Å²) in [7, 11) is 7.05. The molecule has 2 rings (SSSR count). The van der Waals surface area contributed by atoms with Crippen LogP contribution in [0.15, 0.2) is 60.7 Å². The summed E-state index contributed by atoms with van der Waals surface area (Å²) in [6.07, 6.45) is -1.13. The molecular weight excluding hydrogens is 422 g/mol. The van der Waals surface area contributed by atoms with Gasteiger partial charge in [0.25, 0.3) is 0 Å². The van der Waals surface area contributed by atoms with Crippen molar-refractivity contribution in [2.75, 3.05) is 28.2 Å². The maximum absolute atomic E-state index is 10.2. The zero-order valence-corrected chi connectivity index (χ0v) is 19.9. The fourth-order valence-electron chi connectivity index (χ4n) is 1.30. The van der Waals surface area contributed by atoms with E-state index in [1.807, 2.05) is 0 Å². The van der Waals surface area contributed by atoms with E-state index in [-0.39, 0.29) is 5.21 Å². The molecule has 0 radical (unpaired) electrons. The molecule has 26 heavy (non-hydrogen) atoms. The molecule has 0 aromatic heterocycles. The number of hydrogen-bond donors (Lipinski definition) is 0. The van der Waals surface area contributed by atoms with Gasteiger partial charge in [0, 0.05) is 0 Å². The van der Waals surface area contributed by atoms with Gasteiger partial charge in [-0.3, -0.25) is 0 Å². The van der Waals surface area contributed by atoms with Crippen LogP contribution in [0.4, 0.5) is 0 Å². The van der Waals surface area contributed by atoms with Crippen LogP contribution in [0, 0.1) is 0 Å². The van der Waals surface area contributed by atoms with E-state index in [0.29, 0.717) is 0 Å². The zero-order chi connectivity index (χ0) is 20.1. The Bertz CT molecular complexity index is 503. The molecule has 2 aromatic carbocycles. The number of rotatable bonds is 4. The Morgan fingerprint density at radius 1 is 0.692 bits per heavy atom. The van der Waals surface area contributed by atoms with E-state index in [1.165, 1.54) is 10.6 Å². The molecule has 0 bridgehead atoms. The van der Waals surface area contributed by atoms with Crippen molar-refractivity contribution in [1.82, 2.24) is 9.80 Å². The Morgan fingerprint density at radius 3 is 1.12 bits per heavy atom. The quantitative estimate of drug-likeness (QED) is 0.515. The van der Waals surface area contributed by atoms with Crippen LogP contribution in [-0.2, 0) is 24.1 Å². The number of hydrogen-bond acceptors (Lipinski definition) is 4. The average molecular weight is 453 g/mol. The Hall–Kier alpha value is -0.407. The summed E-state index contributed by atoms with van der Waals surface area (Å²) in [5.74, 6) is 0. The topological polar surface area (TPSA) is 52.6 Å². The summed E-state index contributed by atoms with van der Waals surface area (Å²) < 4.78 is 0. The van der Waals surface area contributed by atoms with Gasteiger partial charge in [-0.15, -0.1) is 0 Å². The number of nitrogens with zero attached hydrogens (tertiary/aromatic N) is 2. The third-order valence-corrected chi connectivity index (χ3v) is 8.92. The van der Waals surface area contributed by atoms with E-state index >= 15 is 0 Å². The minimum atomic E-state index is -0.565. The van der Waals surface area contributed by atoms with Crippen LogP contribution in [0.25, 0.3) is 0 Å². The van der Waals surface area contributed by atoms with Gasteiger partial charge in [0.15, 0.2) is 0 Å². The monoisotopic (exact) mass is 451 g/mol. The molecule has 2 atom stereocenters. The van der Waals surface area contributed by atoms with Crippen LogP contribution in [0.2, 0.25) is 0 Å². The Kier molecular flexibility index (Phi) is 14.4.